The van der Waals surface area contributed by atoms with Gasteiger partial charge < -0.3 is 5.32 Å². The largest absolute Gasteiger partial charge is 0.321 e. The smallest absolute Gasteiger partial charge is 0.265 e. The molecule has 0 radical (unpaired) electrons. The van der Waals surface area contributed by atoms with E-state index < -0.39 is 0 Å². The van der Waals surface area contributed by atoms with Gasteiger partial charge in [0.1, 0.15) is 10.6 Å². The summed E-state index contributed by atoms with van der Waals surface area (Å²) in [6.07, 6.45) is 0. The number of halogens is 1. The number of nitrogens with one attached hydrogen (secondary N) is 1. The van der Waals surface area contributed by atoms with Crippen LogP contribution in [0.2, 0.25) is 0 Å². The van der Waals surface area contributed by atoms with Gasteiger partial charge in [-0.25, -0.2) is 9.07 Å². The Morgan fingerprint density at radius 3 is 2.39 bits per heavy atom. The molecule has 1 amide bonds. The third kappa shape index (κ3) is 3.32. The quantitative estimate of drug-likeness (QED) is 0.497. The fourth-order valence-electron chi connectivity index (χ4n) is 2.90. The molecule has 28 heavy (non-hydrogen) atoms. The Bertz CT molecular complexity index is 1190. The van der Waals surface area contributed by atoms with Gasteiger partial charge in [0.25, 0.3) is 5.91 Å². The summed E-state index contributed by atoms with van der Waals surface area (Å²) in [7, 11) is 0. The van der Waals surface area contributed by atoms with Crippen LogP contribution in [0.1, 0.15) is 32.6 Å². The molecule has 0 spiro atoms. The number of carbonyl (C=O) groups excluding carboxylic acids is 2. The molecule has 2 aromatic carbocycles. The highest BCUT2D eigenvalue weighted by Crippen LogP contribution is 2.31. The van der Waals surface area contributed by atoms with Crippen molar-refractivity contribution in [2.24, 2.45) is 0 Å². The van der Waals surface area contributed by atoms with Crippen LogP contribution in [-0.4, -0.2) is 21.5 Å². The highest BCUT2D eigenvalue weighted by Gasteiger charge is 2.17. The number of ketones is 1. The molecule has 140 valence electrons. The van der Waals surface area contributed by atoms with E-state index in [1.54, 1.807) is 41.1 Å². The molecule has 1 N–H and O–H groups in total. The Balaban J connectivity index is 1.64. The van der Waals surface area contributed by atoms with E-state index >= 15 is 0 Å². The first-order valence-electron chi connectivity index (χ1n) is 8.60. The van der Waals surface area contributed by atoms with Crippen LogP contribution in [0.4, 0.5) is 10.1 Å². The standard InChI is InChI=1S/C21H16FN3O2S/c1-12-18-11-19(20(27)23-16-7-3-14(4-8-16)13(2)26)28-21(18)25(24-12)17-9-5-15(22)6-10-17/h3-11H,1-2H3,(H,23,27). The molecule has 4 rings (SSSR count). The molecule has 0 unspecified atom stereocenters. The first kappa shape index (κ1) is 18.1. The van der Waals surface area contributed by atoms with Crippen LogP contribution in [-0.2, 0) is 0 Å². The number of nitrogens with zero attached hydrogens (tertiary/aromatic N) is 2. The summed E-state index contributed by atoms with van der Waals surface area (Å²) < 4.78 is 14.9. The van der Waals surface area contributed by atoms with Crippen molar-refractivity contribution in [1.29, 1.82) is 0 Å². The Labute approximate surface area is 164 Å². The van der Waals surface area contributed by atoms with Crippen LogP contribution in [0.15, 0.2) is 54.6 Å². The third-order valence-corrected chi connectivity index (χ3v) is 5.50. The average molecular weight is 393 g/mol. The summed E-state index contributed by atoms with van der Waals surface area (Å²) in [6.45, 7) is 3.37. The first-order valence-corrected chi connectivity index (χ1v) is 9.41. The zero-order valence-corrected chi connectivity index (χ0v) is 16.0. The fraction of sp³-hybridized carbons (Fsp3) is 0.0952. The number of hydrogen-bond acceptors (Lipinski definition) is 4. The molecule has 0 atom stereocenters. The summed E-state index contributed by atoms with van der Waals surface area (Å²) in [5.41, 5.74) is 2.73. The summed E-state index contributed by atoms with van der Waals surface area (Å²) in [6, 6.07) is 14.6. The Morgan fingerprint density at radius 1 is 1.07 bits per heavy atom. The van der Waals surface area contributed by atoms with Crippen molar-refractivity contribution in [3.8, 4) is 5.69 Å². The summed E-state index contributed by atoms with van der Waals surface area (Å²) in [4.78, 5) is 25.4. The molecule has 0 bridgehead atoms. The lowest BCUT2D eigenvalue weighted by Gasteiger charge is -2.04. The number of thiophene rings is 1. The van der Waals surface area contributed by atoms with Crippen LogP contribution in [0, 0.1) is 12.7 Å². The summed E-state index contributed by atoms with van der Waals surface area (Å²) in [5, 5.41) is 8.22. The molecule has 0 fully saturated rings. The molecule has 0 saturated heterocycles. The van der Waals surface area contributed by atoms with Gasteiger partial charge in [0, 0.05) is 16.6 Å². The molecule has 0 aliphatic rings. The van der Waals surface area contributed by atoms with E-state index in [0.717, 1.165) is 21.6 Å². The van der Waals surface area contributed by atoms with Crippen molar-refractivity contribution < 1.29 is 14.0 Å². The predicted molar refractivity (Wildman–Crippen MR) is 108 cm³/mol. The number of fused-ring (bicyclic) bond motifs is 1. The van der Waals surface area contributed by atoms with Gasteiger partial charge in [-0.1, -0.05) is 0 Å². The number of amides is 1. The lowest BCUT2D eigenvalue weighted by molar-refractivity contribution is 0.101. The number of carbonyl (C=O) groups is 2. The van der Waals surface area contributed by atoms with Crippen molar-refractivity contribution in [1.82, 2.24) is 9.78 Å². The highest BCUT2D eigenvalue weighted by atomic mass is 32.1. The minimum atomic E-state index is -0.314. The van der Waals surface area contributed by atoms with E-state index in [0.29, 0.717) is 16.1 Å². The molecular weight excluding hydrogens is 377 g/mol. The van der Waals surface area contributed by atoms with Gasteiger partial charge in [-0.3, -0.25) is 9.59 Å². The normalized spacial score (nSPS) is 11.0. The van der Waals surface area contributed by atoms with Crippen molar-refractivity contribution in [3.05, 3.63) is 76.5 Å². The van der Waals surface area contributed by atoms with Gasteiger partial charge >= 0.3 is 0 Å². The molecule has 0 aliphatic carbocycles. The first-order chi connectivity index (χ1) is 13.4. The van der Waals surface area contributed by atoms with E-state index in [1.165, 1.54) is 30.4 Å². The lowest BCUT2D eigenvalue weighted by atomic mass is 10.1. The van der Waals surface area contributed by atoms with Crippen LogP contribution in [0.3, 0.4) is 0 Å². The average Bonchev–Trinajstić information content (AvgIpc) is 3.24. The maximum absolute atomic E-state index is 13.2. The van der Waals surface area contributed by atoms with Gasteiger partial charge in [0.05, 0.1) is 16.3 Å². The SMILES string of the molecule is CC(=O)c1ccc(NC(=O)c2cc3c(C)nn(-c4ccc(F)cc4)c3s2)cc1. The topological polar surface area (TPSA) is 64.0 Å². The third-order valence-electron chi connectivity index (χ3n) is 4.39. The minimum absolute atomic E-state index is 0.0248. The Hall–Kier alpha value is -3.32. The molecule has 0 aliphatic heterocycles. The second-order valence-corrected chi connectivity index (χ2v) is 7.42. The zero-order valence-electron chi connectivity index (χ0n) is 15.2. The zero-order chi connectivity index (χ0) is 19.8. The van der Waals surface area contributed by atoms with E-state index in [2.05, 4.69) is 10.4 Å². The number of Topliss-reactive ketones (excluding diaryl/α,β-unsaturated/α-hetero) is 1. The number of benzene rings is 2. The van der Waals surface area contributed by atoms with Gasteiger partial charge in [-0.2, -0.15) is 5.10 Å². The molecule has 2 aromatic heterocycles. The highest BCUT2D eigenvalue weighted by molar-refractivity contribution is 7.20. The number of anilines is 1. The van der Waals surface area contributed by atoms with Crippen molar-refractivity contribution in [2.45, 2.75) is 13.8 Å². The monoisotopic (exact) mass is 393 g/mol. The molecule has 0 saturated carbocycles. The van der Waals surface area contributed by atoms with Crippen molar-refractivity contribution in [2.75, 3.05) is 5.32 Å². The van der Waals surface area contributed by atoms with Crippen molar-refractivity contribution in [3.63, 3.8) is 0 Å². The predicted octanol–water partition coefficient (Wildman–Crippen LogP) is 4.99. The van der Waals surface area contributed by atoms with Crippen molar-refractivity contribution >= 4 is 38.9 Å². The Morgan fingerprint density at radius 2 is 1.75 bits per heavy atom. The van der Waals surface area contributed by atoms with Crippen LogP contribution >= 0.6 is 11.3 Å². The molecule has 2 heterocycles. The number of hydrogen-bond donors (Lipinski definition) is 1. The fourth-order valence-corrected chi connectivity index (χ4v) is 3.98. The van der Waals surface area contributed by atoms with Crippen LogP contribution in [0.5, 0.6) is 0 Å². The van der Waals surface area contributed by atoms with Gasteiger partial charge in [0.2, 0.25) is 0 Å². The lowest BCUT2D eigenvalue weighted by Crippen LogP contribution is -2.10. The number of rotatable bonds is 4. The van der Waals surface area contributed by atoms with E-state index in [4.69, 9.17) is 0 Å². The van der Waals surface area contributed by atoms with Gasteiger partial charge in [-0.15, -0.1) is 11.3 Å². The number of aromatic nitrogens is 2. The van der Waals surface area contributed by atoms with E-state index in [9.17, 15) is 14.0 Å². The van der Waals surface area contributed by atoms with E-state index in [1.807, 2.05) is 13.0 Å². The van der Waals surface area contributed by atoms with Crippen LogP contribution < -0.4 is 5.32 Å². The molecule has 7 heteroatoms. The molecule has 5 nitrogen and oxygen atoms in total. The summed E-state index contributed by atoms with van der Waals surface area (Å²) >= 11 is 1.32. The minimum Gasteiger partial charge on any atom is -0.321 e. The van der Waals surface area contributed by atoms with Gasteiger partial charge in [-0.05, 0) is 68.4 Å². The second-order valence-electron chi connectivity index (χ2n) is 6.39. The van der Waals surface area contributed by atoms with E-state index in [-0.39, 0.29) is 17.5 Å². The molecular formula is C21H16FN3O2S. The number of aryl methyl sites for hydroxylation is 1. The maximum atomic E-state index is 13.2. The second kappa shape index (κ2) is 7.01. The maximum Gasteiger partial charge on any atom is 0.265 e. The van der Waals surface area contributed by atoms with Crippen LogP contribution in [0.25, 0.3) is 15.9 Å². The van der Waals surface area contributed by atoms with Gasteiger partial charge in [0.15, 0.2) is 5.78 Å². The Kier molecular flexibility index (Phi) is 4.52. The summed E-state index contributed by atoms with van der Waals surface area (Å²) in [5.74, 6) is -0.573. The molecule has 4 aromatic rings.